The Labute approximate surface area is 114 Å². The number of hydrogen-bond acceptors (Lipinski definition) is 1. The number of halogens is 4. The number of rotatable bonds is 3. The normalized spacial score (nSPS) is 16.4. The molecule has 1 aliphatic rings. The van der Waals surface area contributed by atoms with Crippen LogP contribution >= 0.6 is 0 Å². The van der Waals surface area contributed by atoms with Gasteiger partial charge in [0.25, 0.3) is 5.91 Å². The average Bonchev–Trinajstić information content (AvgIpc) is 2.88. The van der Waals surface area contributed by atoms with Crippen molar-refractivity contribution in [1.29, 1.82) is 0 Å². The van der Waals surface area contributed by atoms with Gasteiger partial charge in [-0.1, -0.05) is 12.8 Å². The van der Waals surface area contributed by atoms with Gasteiger partial charge in [-0.25, -0.2) is 4.39 Å². The number of hydrogen-bond donors (Lipinski definition) is 1. The highest BCUT2D eigenvalue weighted by Crippen LogP contribution is 2.32. The van der Waals surface area contributed by atoms with Gasteiger partial charge < -0.3 is 5.32 Å². The molecule has 20 heavy (non-hydrogen) atoms. The predicted molar refractivity (Wildman–Crippen MR) is 65.7 cm³/mol. The number of nitrogens with one attached hydrogen (secondary N) is 1. The number of amides is 1. The fourth-order valence-corrected chi connectivity index (χ4v) is 2.44. The van der Waals surface area contributed by atoms with Crippen LogP contribution in [0, 0.1) is 11.7 Å². The van der Waals surface area contributed by atoms with E-state index < -0.39 is 23.5 Å². The summed E-state index contributed by atoms with van der Waals surface area (Å²) >= 11 is 0. The van der Waals surface area contributed by atoms with E-state index in [-0.39, 0.29) is 5.56 Å². The summed E-state index contributed by atoms with van der Waals surface area (Å²) in [5.41, 5.74) is -1.58. The van der Waals surface area contributed by atoms with E-state index in [4.69, 9.17) is 0 Å². The van der Waals surface area contributed by atoms with E-state index in [1.54, 1.807) is 0 Å². The minimum Gasteiger partial charge on any atom is -0.352 e. The van der Waals surface area contributed by atoms with Crippen LogP contribution in [0.1, 0.15) is 41.6 Å². The van der Waals surface area contributed by atoms with Crippen LogP contribution in [-0.4, -0.2) is 12.5 Å². The minimum atomic E-state index is -4.80. The molecule has 1 saturated carbocycles. The van der Waals surface area contributed by atoms with Crippen molar-refractivity contribution in [3.8, 4) is 0 Å². The van der Waals surface area contributed by atoms with Crippen LogP contribution in [0.4, 0.5) is 17.6 Å². The Morgan fingerprint density at radius 3 is 2.50 bits per heavy atom. The van der Waals surface area contributed by atoms with E-state index in [0.717, 1.165) is 31.7 Å². The standard InChI is InChI=1S/C14H15F4NO/c15-12-6-5-10(7-11(12)14(16,17)18)13(20)19-8-9-3-1-2-4-9/h5-7,9H,1-4,8H2,(H,19,20). The van der Waals surface area contributed by atoms with Gasteiger partial charge in [-0.3, -0.25) is 4.79 Å². The molecule has 0 unspecified atom stereocenters. The fourth-order valence-electron chi connectivity index (χ4n) is 2.44. The fraction of sp³-hybridized carbons (Fsp3) is 0.500. The van der Waals surface area contributed by atoms with Crippen molar-refractivity contribution in [2.75, 3.05) is 6.54 Å². The quantitative estimate of drug-likeness (QED) is 0.843. The van der Waals surface area contributed by atoms with E-state index >= 15 is 0 Å². The second-order valence-electron chi connectivity index (χ2n) is 5.05. The third-order valence-electron chi connectivity index (χ3n) is 3.56. The van der Waals surface area contributed by atoms with Crippen LogP contribution < -0.4 is 5.32 Å². The summed E-state index contributed by atoms with van der Waals surface area (Å²) < 4.78 is 50.8. The van der Waals surface area contributed by atoms with Crippen LogP contribution in [0.2, 0.25) is 0 Å². The molecule has 0 saturated heterocycles. The van der Waals surface area contributed by atoms with Crippen LogP contribution in [0.3, 0.4) is 0 Å². The predicted octanol–water partition coefficient (Wildman–Crippen LogP) is 3.76. The lowest BCUT2D eigenvalue weighted by atomic mass is 10.1. The first-order chi connectivity index (χ1) is 9.38. The number of carbonyl (C=O) groups excluding carboxylic acids is 1. The number of benzene rings is 1. The van der Waals surface area contributed by atoms with Crippen molar-refractivity contribution in [3.05, 3.63) is 35.1 Å². The Morgan fingerprint density at radius 1 is 1.25 bits per heavy atom. The molecule has 1 N–H and O–H groups in total. The maximum Gasteiger partial charge on any atom is 0.419 e. The van der Waals surface area contributed by atoms with Gasteiger partial charge in [-0.15, -0.1) is 0 Å². The topological polar surface area (TPSA) is 29.1 Å². The maximum atomic E-state index is 13.1. The molecule has 2 nitrogen and oxygen atoms in total. The molecule has 1 aromatic rings. The van der Waals surface area contributed by atoms with Crippen molar-refractivity contribution < 1.29 is 22.4 Å². The molecule has 1 aliphatic carbocycles. The zero-order valence-electron chi connectivity index (χ0n) is 10.8. The van der Waals surface area contributed by atoms with Crippen LogP contribution in [-0.2, 0) is 6.18 Å². The van der Waals surface area contributed by atoms with Gasteiger partial charge in [0.05, 0.1) is 5.56 Å². The Bertz CT molecular complexity index is 492. The lowest BCUT2D eigenvalue weighted by molar-refractivity contribution is -0.140. The molecule has 0 atom stereocenters. The monoisotopic (exact) mass is 289 g/mol. The molecular formula is C14H15F4NO. The molecule has 0 bridgehead atoms. The number of carbonyl (C=O) groups is 1. The molecular weight excluding hydrogens is 274 g/mol. The van der Waals surface area contributed by atoms with Crippen molar-refractivity contribution in [2.24, 2.45) is 5.92 Å². The zero-order chi connectivity index (χ0) is 14.8. The van der Waals surface area contributed by atoms with Crippen molar-refractivity contribution in [2.45, 2.75) is 31.9 Å². The summed E-state index contributed by atoms with van der Waals surface area (Å²) in [5, 5.41) is 2.61. The van der Waals surface area contributed by atoms with Gasteiger partial charge in [-0.2, -0.15) is 13.2 Å². The lowest BCUT2D eigenvalue weighted by Crippen LogP contribution is -2.28. The van der Waals surface area contributed by atoms with E-state index in [0.29, 0.717) is 24.6 Å². The minimum absolute atomic E-state index is 0.170. The summed E-state index contributed by atoms with van der Waals surface area (Å²) in [7, 11) is 0. The summed E-state index contributed by atoms with van der Waals surface area (Å²) in [6.45, 7) is 0.456. The molecule has 1 fully saturated rings. The Kier molecular flexibility index (Phi) is 4.30. The molecule has 0 aromatic heterocycles. The maximum absolute atomic E-state index is 13.1. The zero-order valence-corrected chi connectivity index (χ0v) is 10.8. The lowest BCUT2D eigenvalue weighted by Gasteiger charge is -2.12. The third kappa shape index (κ3) is 3.49. The van der Waals surface area contributed by atoms with Gasteiger partial charge in [-0.05, 0) is 37.0 Å². The molecule has 0 aliphatic heterocycles. The average molecular weight is 289 g/mol. The molecule has 1 aromatic carbocycles. The molecule has 110 valence electrons. The molecule has 0 spiro atoms. The summed E-state index contributed by atoms with van der Waals surface area (Å²) in [6.07, 6.45) is -0.508. The van der Waals surface area contributed by atoms with E-state index in [9.17, 15) is 22.4 Å². The van der Waals surface area contributed by atoms with Crippen molar-refractivity contribution in [1.82, 2.24) is 5.32 Å². The summed E-state index contributed by atoms with van der Waals surface area (Å²) in [5.74, 6) is -1.58. The highest BCUT2D eigenvalue weighted by molar-refractivity contribution is 5.94. The molecule has 2 rings (SSSR count). The highest BCUT2D eigenvalue weighted by Gasteiger charge is 2.34. The first-order valence-corrected chi connectivity index (χ1v) is 6.53. The molecule has 1 amide bonds. The molecule has 0 heterocycles. The van der Waals surface area contributed by atoms with E-state index in [1.807, 2.05) is 0 Å². The van der Waals surface area contributed by atoms with Gasteiger partial charge in [0.1, 0.15) is 5.82 Å². The molecule has 6 heteroatoms. The van der Waals surface area contributed by atoms with Crippen LogP contribution in [0.5, 0.6) is 0 Å². The smallest absolute Gasteiger partial charge is 0.352 e. The summed E-state index contributed by atoms with van der Waals surface area (Å²) in [6, 6.07) is 2.29. The van der Waals surface area contributed by atoms with Crippen LogP contribution in [0.25, 0.3) is 0 Å². The summed E-state index contributed by atoms with van der Waals surface area (Å²) in [4.78, 5) is 11.8. The van der Waals surface area contributed by atoms with Gasteiger partial charge in [0.2, 0.25) is 0 Å². The van der Waals surface area contributed by atoms with Crippen molar-refractivity contribution >= 4 is 5.91 Å². The first-order valence-electron chi connectivity index (χ1n) is 6.53. The third-order valence-corrected chi connectivity index (χ3v) is 3.56. The van der Waals surface area contributed by atoms with Gasteiger partial charge in [0, 0.05) is 12.1 Å². The second kappa shape index (κ2) is 5.81. The van der Waals surface area contributed by atoms with E-state index in [1.165, 1.54) is 0 Å². The van der Waals surface area contributed by atoms with Crippen molar-refractivity contribution in [3.63, 3.8) is 0 Å². The Balaban J connectivity index is 2.06. The van der Waals surface area contributed by atoms with Gasteiger partial charge in [0.15, 0.2) is 0 Å². The largest absolute Gasteiger partial charge is 0.419 e. The second-order valence-corrected chi connectivity index (χ2v) is 5.05. The first kappa shape index (κ1) is 14.8. The highest BCUT2D eigenvalue weighted by atomic mass is 19.4. The Hall–Kier alpha value is -1.59. The van der Waals surface area contributed by atoms with E-state index in [2.05, 4.69) is 5.32 Å². The number of alkyl halides is 3. The Morgan fingerprint density at radius 2 is 1.90 bits per heavy atom. The SMILES string of the molecule is O=C(NCC1CCCC1)c1ccc(F)c(C(F)(F)F)c1. The molecule has 0 radical (unpaired) electrons. The van der Waals surface area contributed by atoms with Crippen LogP contribution in [0.15, 0.2) is 18.2 Å². The van der Waals surface area contributed by atoms with Gasteiger partial charge >= 0.3 is 6.18 Å².